The molecule has 4 nitrogen and oxygen atoms in total. The van der Waals surface area contributed by atoms with Gasteiger partial charge in [-0.3, -0.25) is 0 Å². The lowest BCUT2D eigenvalue weighted by Crippen LogP contribution is -2.51. The van der Waals surface area contributed by atoms with Crippen LogP contribution in [0.1, 0.15) is 13.8 Å². The number of fused-ring (bicyclic) bond motifs is 3. The number of nitrogens with zero attached hydrogens (tertiary/aromatic N) is 4. The van der Waals surface area contributed by atoms with Crippen LogP contribution in [-0.4, -0.2) is 15.8 Å². The van der Waals surface area contributed by atoms with Crippen LogP contribution >= 0.6 is 0 Å². The number of hydrogen-bond acceptors (Lipinski definition) is 2. The Morgan fingerprint density at radius 1 is 0.623 bits per heavy atom. The highest BCUT2D eigenvalue weighted by atomic mass is 15.2. The smallest absolute Gasteiger partial charge is 0.252 e. The van der Waals surface area contributed by atoms with Gasteiger partial charge in [-0.15, -0.1) is 0 Å². The lowest BCUT2D eigenvalue weighted by molar-refractivity contribution is 1.13. The minimum atomic E-state index is 0.0119. The zero-order valence-electron chi connectivity index (χ0n) is 30.0. The molecule has 0 bridgehead atoms. The van der Waals surface area contributed by atoms with Crippen LogP contribution in [0.25, 0.3) is 33.2 Å². The molecular weight excluding hydrogens is 643 g/mol. The molecule has 254 valence electrons. The molecule has 53 heavy (non-hydrogen) atoms. The molecule has 5 aromatic carbocycles. The second kappa shape index (κ2) is 13.1. The molecule has 0 saturated carbocycles. The van der Waals surface area contributed by atoms with Crippen LogP contribution in [0.3, 0.4) is 0 Å². The maximum absolute atomic E-state index is 4.40. The van der Waals surface area contributed by atoms with E-state index in [4.69, 9.17) is 0 Å². The molecule has 0 atom stereocenters. The largest absolute Gasteiger partial charge is 0.318 e. The van der Waals surface area contributed by atoms with Crippen molar-refractivity contribution in [2.75, 3.05) is 9.80 Å². The SMILES string of the molecule is C=C/C=C(\C=C/C)N(c1ccccc1)c1ccc2c3c1ccn3/C(=C/C)C1=C(C=C)n3ccc4c(N(c5ccccc5)c5ccccc5)ccc(c43)B12. The second-order valence-electron chi connectivity index (χ2n) is 13.4. The summed E-state index contributed by atoms with van der Waals surface area (Å²) in [6.07, 6.45) is 16.9. The van der Waals surface area contributed by atoms with Crippen molar-refractivity contribution < 1.29 is 0 Å². The lowest BCUT2D eigenvalue weighted by atomic mass is 9.33. The average molecular weight is 683 g/mol. The van der Waals surface area contributed by atoms with Gasteiger partial charge in [0, 0.05) is 57.3 Å². The molecule has 0 saturated heterocycles. The monoisotopic (exact) mass is 682 g/mol. The topological polar surface area (TPSA) is 16.3 Å². The van der Waals surface area contributed by atoms with E-state index in [-0.39, 0.29) is 6.71 Å². The van der Waals surface area contributed by atoms with Gasteiger partial charge in [0.25, 0.3) is 6.71 Å². The quantitative estimate of drug-likeness (QED) is 0.111. The van der Waals surface area contributed by atoms with Crippen LogP contribution < -0.4 is 20.7 Å². The Kier molecular flexibility index (Phi) is 7.97. The molecule has 0 aliphatic carbocycles. The molecule has 2 aliphatic rings. The molecule has 0 fully saturated rings. The Hall–Kier alpha value is -6.72. The number of aromatic nitrogens is 2. The van der Waals surface area contributed by atoms with Crippen molar-refractivity contribution in [1.29, 1.82) is 0 Å². The van der Waals surface area contributed by atoms with Crippen LogP contribution in [0.4, 0.5) is 28.4 Å². The molecule has 7 aromatic rings. The van der Waals surface area contributed by atoms with Crippen molar-refractivity contribution in [3.63, 3.8) is 0 Å². The zero-order valence-corrected chi connectivity index (χ0v) is 30.0. The number of hydrogen-bond donors (Lipinski definition) is 0. The van der Waals surface area contributed by atoms with Crippen molar-refractivity contribution in [2.24, 2.45) is 0 Å². The van der Waals surface area contributed by atoms with Gasteiger partial charge in [0.15, 0.2) is 0 Å². The summed E-state index contributed by atoms with van der Waals surface area (Å²) in [5.74, 6) is 0. The van der Waals surface area contributed by atoms with E-state index in [9.17, 15) is 0 Å². The van der Waals surface area contributed by atoms with E-state index in [1.54, 1.807) is 0 Å². The average Bonchev–Trinajstić information content (AvgIpc) is 3.85. The third-order valence-electron chi connectivity index (χ3n) is 10.6. The minimum absolute atomic E-state index is 0.0119. The van der Waals surface area contributed by atoms with Crippen molar-refractivity contribution in [3.8, 4) is 0 Å². The number of para-hydroxylation sites is 3. The minimum Gasteiger partial charge on any atom is -0.318 e. The van der Waals surface area contributed by atoms with Crippen LogP contribution in [0, 0.1) is 0 Å². The highest BCUT2D eigenvalue weighted by Crippen LogP contribution is 2.45. The Morgan fingerprint density at radius 3 is 1.74 bits per heavy atom. The standard InChI is InChI=1S/C48H39BN4/c1-5-18-34(19-6-2)52(35-20-12-9-13-21-35)44-28-26-40-47-38(44)30-32-50(47)42(7-3)46-43(8-4)51-33-31-39-45(29-27-41(48(39)51)49(40)46)53(36-22-14-10-15-23-36)37-24-16-11-17-25-37/h5-33H,1,4H2,2-3H3/b19-6-,34-18+,42-7+. The molecule has 2 aromatic heterocycles. The van der Waals surface area contributed by atoms with Gasteiger partial charge in [0.1, 0.15) is 0 Å². The highest BCUT2D eigenvalue weighted by molar-refractivity contribution is 6.97. The number of benzene rings is 5. The molecule has 0 unspecified atom stereocenters. The van der Waals surface area contributed by atoms with Crippen molar-refractivity contribution in [3.05, 3.63) is 201 Å². The van der Waals surface area contributed by atoms with E-state index in [0.717, 1.165) is 39.8 Å². The molecule has 0 spiro atoms. The molecule has 0 N–H and O–H groups in total. The highest BCUT2D eigenvalue weighted by Gasteiger charge is 2.41. The van der Waals surface area contributed by atoms with Gasteiger partial charge in [-0.1, -0.05) is 98.1 Å². The van der Waals surface area contributed by atoms with Crippen molar-refractivity contribution in [1.82, 2.24) is 9.13 Å². The van der Waals surface area contributed by atoms with Crippen molar-refractivity contribution in [2.45, 2.75) is 13.8 Å². The Bertz CT molecular complexity index is 2630. The van der Waals surface area contributed by atoms with E-state index in [1.807, 2.05) is 12.2 Å². The van der Waals surface area contributed by atoms with Gasteiger partial charge < -0.3 is 18.9 Å². The summed E-state index contributed by atoms with van der Waals surface area (Å²) in [5.41, 5.74) is 15.2. The third kappa shape index (κ3) is 4.92. The molecular formula is C48H39BN4. The summed E-state index contributed by atoms with van der Waals surface area (Å²) in [5, 5.41) is 2.39. The summed E-state index contributed by atoms with van der Waals surface area (Å²) in [6.45, 7) is 12.7. The number of anilines is 5. The molecule has 5 heteroatoms. The Morgan fingerprint density at radius 2 is 1.17 bits per heavy atom. The van der Waals surface area contributed by atoms with Crippen LogP contribution in [-0.2, 0) is 0 Å². The Balaban J connectivity index is 1.30. The van der Waals surface area contributed by atoms with Gasteiger partial charge >= 0.3 is 0 Å². The lowest BCUT2D eigenvalue weighted by Gasteiger charge is -2.36. The van der Waals surface area contributed by atoms with E-state index in [2.05, 4.69) is 210 Å². The maximum Gasteiger partial charge on any atom is 0.252 e. The second-order valence-corrected chi connectivity index (χ2v) is 13.4. The summed E-state index contributed by atoms with van der Waals surface area (Å²) < 4.78 is 4.73. The van der Waals surface area contributed by atoms with Crippen LogP contribution in [0.5, 0.6) is 0 Å². The van der Waals surface area contributed by atoms with Crippen LogP contribution in [0.15, 0.2) is 201 Å². The summed E-state index contributed by atoms with van der Waals surface area (Å²) in [6, 6.07) is 45.7. The van der Waals surface area contributed by atoms with E-state index in [0.29, 0.717) is 0 Å². The predicted octanol–water partition coefficient (Wildman–Crippen LogP) is 11.3. The van der Waals surface area contributed by atoms with E-state index < -0.39 is 0 Å². The fraction of sp³-hybridized carbons (Fsp3) is 0.0417. The summed E-state index contributed by atoms with van der Waals surface area (Å²) in [7, 11) is 0. The van der Waals surface area contributed by atoms with Crippen molar-refractivity contribution >= 4 is 79.3 Å². The Labute approximate surface area is 311 Å². The maximum atomic E-state index is 4.40. The third-order valence-corrected chi connectivity index (χ3v) is 10.6. The van der Waals surface area contributed by atoms with Gasteiger partial charge in [-0.25, -0.2) is 0 Å². The predicted molar refractivity (Wildman–Crippen MR) is 229 cm³/mol. The first kappa shape index (κ1) is 32.2. The van der Waals surface area contributed by atoms with Gasteiger partial charge in [-0.05, 0) is 109 Å². The first-order chi connectivity index (χ1) is 26.2. The fourth-order valence-electron chi connectivity index (χ4n) is 8.55. The number of rotatable bonds is 9. The van der Waals surface area contributed by atoms with Gasteiger partial charge in [0.05, 0.1) is 22.4 Å². The molecule has 0 amide bonds. The first-order valence-corrected chi connectivity index (χ1v) is 18.2. The molecule has 0 radical (unpaired) electrons. The summed E-state index contributed by atoms with van der Waals surface area (Å²) >= 11 is 0. The van der Waals surface area contributed by atoms with Crippen LogP contribution in [0.2, 0.25) is 0 Å². The summed E-state index contributed by atoms with van der Waals surface area (Å²) in [4.78, 5) is 4.70. The number of allylic oxidation sites excluding steroid dienone is 9. The normalized spacial score (nSPS) is 14.3. The fourth-order valence-corrected chi connectivity index (χ4v) is 8.55. The van der Waals surface area contributed by atoms with E-state index in [1.165, 1.54) is 43.9 Å². The molecule has 2 aliphatic heterocycles. The molecule has 9 rings (SSSR count). The van der Waals surface area contributed by atoms with Gasteiger partial charge in [0.2, 0.25) is 0 Å². The van der Waals surface area contributed by atoms with E-state index >= 15 is 0 Å². The van der Waals surface area contributed by atoms with Gasteiger partial charge in [-0.2, -0.15) is 0 Å². The first-order valence-electron chi connectivity index (χ1n) is 18.2. The zero-order chi connectivity index (χ0) is 36.1. The molecule has 4 heterocycles.